The number of urea groups is 1. The van der Waals surface area contributed by atoms with Gasteiger partial charge in [0, 0.05) is 0 Å². The second kappa shape index (κ2) is 6.80. The van der Waals surface area contributed by atoms with Gasteiger partial charge >= 0.3 is 12.2 Å². The van der Waals surface area contributed by atoms with Crippen molar-refractivity contribution in [1.82, 2.24) is 10.2 Å². The standard InChI is InChI=1S/C16H19F3N2O3/c1-9(2)7-12-14(23)21(15(24)20-12)8-13(22)10-5-3-4-6-11(10)16(17,18)19/h3-6,9,12-13,22H,7-8H2,1-2H3,(H,20,24). The summed E-state index contributed by atoms with van der Waals surface area (Å²) in [5.74, 6) is -0.368. The van der Waals surface area contributed by atoms with Crippen LogP contribution in [0.3, 0.4) is 0 Å². The first-order valence-electron chi connectivity index (χ1n) is 7.57. The fourth-order valence-corrected chi connectivity index (χ4v) is 2.70. The number of aliphatic hydroxyl groups is 1. The summed E-state index contributed by atoms with van der Waals surface area (Å²) in [4.78, 5) is 24.9. The number of alkyl halides is 3. The summed E-state index contributed by atoms with van der Waals surface area (Å²) >= 11 is 0. The zero-order valence-electron chi connectivity index (χ0n) is 13.3. The summed E-state index contributed by atoms with van der Waals surface area (Å²) < 4.78 is 39.0. The third-order valence-electron chi connectivity index (χ3n) is 3.79. The van der Waals surface area contributed by atoms with Gasteiger partial charge in [-0.05, 0) is 24.0 Å². The lowest BCUT2D eigenvalue weighted by atomic mass is 10.0. The van der Waals surface area contributed by atoms with E-state index in [1.807, 2.05) is 13.8 Å². The molecule has 24 heavy (non-hydrogen) atoms. The van der Waals surface area contributed by atoms with Gasteiger partial charge in [0.25, 0.3) is 5.91 Å². The Labute approximate surface area is 137 Å². The van der Waals surface area contributed by atoms with Gasteiger partial charge in [0.15, 0.2) is 0 Å². The molecule has 2 rings (SSSR count). The minimum absolute atomic E-state index is 0.162. The Bertz CT molecular complexity index is 631. The van der Waals surface area contributed by atoms with E-state index in [0.717, 1.165) is 17.0 Å². The van der Waals surface area contributed by atoms with Gasteiger partial charge in [-0.1, -0.05) is 32.0 Å². The van der Waals surface area contributed by atoms with Gasteiger partial charge < -0.3 is 10.4 Å². The maximum absolute atomic E-state index is 13.0. The van der Waals surface area contributed by atoms with Crippen LogP contribution in [0.5, 0.6) is 0 Å². The van der Waals surface area contributed by atoms with Crippen molar-refractivity contribution in [2.75, 3.05) is 6.54 Å². The lowest BCUT2D eigenvalue weighted by Crippen LogP contribution is -2.35. The molecule has 0 radical (unpaired) electrons. The van der Waals surface area contributed by atoms with Crippen LogP contribution in [0.4, 0.5) is 18.0 Å². The molecule has 1 aliphatic heterocycles. The van der Waals surface area contributed by atoms with Crippen LogP contribution in [0.15, 0.2) is 24.3 Å². The Kier molecular flexibility index (Phi) is 5.17. The SMILES string of the molecule is CC(C)CC1NC(=O)N(CC(O)c2ccccc2C(F)(F)F)C1=O. The van der Waals surface area contributed by atoms with Gasteiger partial charge in [-0.2, -0.15) is 13.2 Å². The highest BCUT2D eigenvalue weighted by atomic mass is 19.4. The van der Waals surface area contributed by atoms with Crippen molar-refractivity contribution in [3.8, 4) is 0 Å². The molecule has 0 saturated carbocycles. The number of hydrogen-bond acceptors (Lipinski definition) is 3. The van der Waals surface area contributed by atoms with E-state index in [1.54, 1.807) is 0 Å². The van der Waals surface area contributed by atoms with Gasteiger partial charge in [0.05, 0.1) is 18.2 Å². The molecule has 2 atom stereocenters. The van der Waals surface area contributed by atoms with Crippen LogP contribution in [0.25, 0.3) is 0 Å². The maximum atomic E-state index is 13.0. The molecule has 132 valence electrons. The highest BCUT2D eigenvalue weighted by molar-refractivity contribution is 6.04. The molecule has 8 heteroatoms. The van der Waals surface area contributed by atoms with Crippen molar-refractivity contribution in [2.24, 2.45) is 5.92 Å². The summed E-state index contributed by atoms with van der Waals surface area (Å²) in [6, 6.07) is 3.16. The third kappa shape index (κ3) is 3.87. The lowest BCUT2D eigenvalue weighted by molar-refractivity contribution is -0.139. The number of carbonyl (C=O) groups is 2. The Balaban J connectivity index is 2.17. The highest BCUT2D eigenvalue weighted by Crippen LogP contribution is 2.35. The first kappa shape index (κ1) is 18.3. The van der Waals surface area contributed by atoms with E-state index in [2.05, 4.69) is 5.32 Å². The Morgan fingerprint density at radius 3 is 2.46 bits per heavy atom. The summed E-state index contributed by atoms with van der Waals surface area (Å²) in [5.41, 5.74) is -1.35. The first-order valence-corrected chi connectivity index (χ1v) is 7.57. The second-order valence-corrected chi connectivity index (χ2v) is 6.18. The molecule has 1 heterocycles. The predicted molar refractivity (Wildman–Crippen MR) is 79.9 cm³/mol. The molecule has 2 unspecified atom stereocenters. The minimum Gasteiger partial charge on any atom is -0.387 e. The van der Waals surface area contributed by atoms with Crippen LogP contribution in [-0.2, 0) is 11.0 Å². The van der Waals surface area contributed by atoms with E-state index in [9.17, 15) is 27.9 Å². The number of imide groups is 1. The second-order valence-electron chi connectivity index (χ2n) is 6.18. The third-order valence-corrected chi connectivity index (χ3v) is 3.79. The molecule has 3 amide bonds. The predicted octanol–water partition coefficient (Wildman–Crippen LogP) is 2.71. The first-order chi connectivity index (χ1) is 11.1. The molecule has 1 aromatic carbocycles. The van der Waals surface area contributed by atoms with E-state index in [0.29, 0.717) is 6.42 Å². The summed E-state index contributed by atoms with van der Waals surface area (Å²) in [5, 5.41) is 12.6. The average molecular weight is 344 g/mol. The molecule has 1 aromatic rings. The average Bonchev–Trinajstić information content (AvgIpc) is 2.73. The van der Waals surface area contributed by atoms with Crippen LogP contribution < -0.4 is 5.32 Å². The van der Waals surface area contributed by atoms with Crippen LogP contribution in [0, 0.1) is 5.92 Å². The van der Waals surface area contributed by atoms with Gasteiger partial charge in [-0.25, -0.2) is 4.79 Å². The molecular weight excluding hydrogens is 325 g/mol. The fraction of sp³-hybridized carbons (Fsp3) is 0.500. The molecular formula is C16H19F3N2O3. The number of halogens is 3. The van der Waals surface area contributed by atoms with E-state index < -0.39 is 42.4 Å². The fourth-order valence-electron chi connectivity index (χ4n) is 2.70. The van der Waals surface area contributed by atoms with Crippen molar-refractivity contribution < 1.29 is 27.9 Å². The number of nitrogens with one attached hydrogen (secondary N) is 1. The number of rotatable bonds is 5. The van der Waals surface area contributed by atoms with E-state index >= 15 is 0 Å². The van der Waals surface area contributed by atoms with Crippen LogP contribution in [0.2, 0.25) is 0 Å². The molecule has 1 saturated heterocycles. The van der Waals surface area contributed by atoms with Crippen LogP contribution in [-0.4, -0.2) is 34.5 Å². The van der Waals surface area contributed by atoms with Crippen LogP contribution in [0.1, 0.15) is 37.5 Å². The molecule has 0 aromatic heterocycles. The zero-order chi connectivity index (χ0) is 18.1. The normalized spacial score (nSPS) is 19.8. The smallest absolute Gasteiger partial charge is 0.387 e. The highest BCUT2D eigenvalue weighted by Gasteiger charge is 2.40. The van der Waals surface area contributed by atoms with Crippen LogP contribution >= 0.6 is 0 Å². The van der Waals surface area contributed by atoms with E-state index in [4.69, 9.17) is 0 Å². The monoisotopic (exact) mass is 344 g/mol. The Hall–Kier alpha value is -2.09. The zero-order valence-corrected chi connectivity index (χ0v) is 13.3. The number of carbonyl (C=O) groups excluding carboxylic acids is 2. The van der Waals surface area contributed by atoms with Crippen molar-refractivity contribution in [3.63, 3.8) is 0 Å². The maximum Gasteiger partial charge on any atom is 0.416 e. The van der Waals surface area contributed by atoms with Crippen molar-refractivity contribution >= 4 is 11.9 Å². The Morgan fingerprint density at radius 2 is 1.88 bits per heavy atom. The number of amides is 3. The molecule has 0 aliphatic carbocycles. The number of β-amino-alcohol motifs (C(OH)–C–C–N with tert-alkyl or cyclic N) is 1. The van der Waals surface area contributed by atoms with Gasteiger partial charge in [-0.15, -0.1) is 0 Å². The van der Waals surface area contributed by atoms with Gasteiger partial charge in [0.1, 0.15) is 6.04 Å². The molecule has 2 N–H and O–H groups in total. The van der Waals surface area contributed by atoms with E-state index in [-0.39, 0.29) is 11.5 Å². The molecule has 0 spiro atoms. The largest absolute Gasteiger partial charge is 0.416 e. The number of aliphatic hydroxyl groups excluding tert-OH is 1. The van der Waals surface area contributed by atoms with Crippen molar-refractivity contribution in [3.05, 3.63) is 35.4 Å². The number of hydrogen-bond donors (Lipinski definition) is 2. The molecule has 1 aliphatic rings. The summed E-state index contributed by atoms with van der Waals surface area (Å²) in [7, 11) is 0. The number of nitrogens with zero attached hydrogens (tertiary/aromatic N) is 1. The minimum atomic E-state index is -4.63. The summed E-state index contributed by atoms with van der Waals surface area (Å²) in [6.07, 6.45) is -5.82. The van der Waals surface area contributed by atoms with Crippen molar-refractivity contribution in [1.29, 1.82) is 0 Å². The van der Waals surface area contributed by atoms with Gasteiger partial charge in [-0.3, -0.25) is 9.69 Å². The lowest BCUT2D eigenvalue weighted by Gasteiger charge is -2.21. The molecule has 5 nitrogen and oxygen atoms in total. The summed E-state index contributed by atoms with van der Waals surface area (Å²) in [6.45, 7) is 3.25. The number of benzene rings is 1. The Morgan fingerprint density at radius 1 is 1.25 bits per heavy atom. The molecule has 1 fully saturated rings. The van der Waals surface area contributed by atoms with E-state index in [1.165, 1.54) is 12.1 Å². The quantitative estimate of drug-likeness (QED) is 0.807. The topological polar surface area (TPSA) is 69.6 Å². The van der Waals surface area contributed by atoms with Crippen molar-refractivity contribution in [2.45, 2.75) is 38.6 Å². The van der Waals surface area contributed by atoms with Gasteiger partial charge in [0.2, 0.25) is 0 Å². The molecule has 0 bridgehead atoms.